The summed E-state index contributed by atoms with van der Waals surface area (Å²) >= 11 is 0. The molecule has 6 aromatic rings. The van der Waals surface area contributed by atoms with Gasteiger partial charge in [-0.2, -0.15) is 17.5 Å². The van der Waals surface area contributed by atoms with E-state index in [2.05, 4.69) is 36.4 Å². The van der Waals surface area contributed by atoms with E-state index in [9.17, 15) is 38.8 Å². The smallest absolute Gasteiger partial charge is 0.446 e. The zero-order chi connectivity index (χ0) is 54.2. The molecule has 0 radical (unpaired) electrons. The lowest BCUT2D eigenvalue weighted by molar-refractivity contribution is -0.156. The number of rotatable bonds is 11. The SMILES string of the molecule is Fc1ccc2c(c1CCc1ncc(C3=CCCCC3)c3nncn13)CCO2.O=CC(F)(F)F.O=S(=O)(C1CC1)N1CC=C(c2cnc(CCc3c(F)ccc4c3CCO4)n3cnnc23)CC1.O=S(=O)(Cl)C1CC1.[2H]CC. The summed E-state index contributed by atoms with van der Waals surface area (Å²) in [4.78, 5) is 18.0. The molecule has 3 aliphatic heterocycles. The number of allylic oxidation sites excluding steroid dienone is 2. The lowest BCUT2D eigenvalue weighted by Crippen LogP contribution is -2.36. The standard InChI is InChI=1S/C23H24FN5O3S.C21H21FN4O.C3H5ClO2S.C2HF3O.C2H6/c24-20-4-5-21-18(9-12-32-21)17(20)3-6-22-25-13-19(23-27-26-14-29(22)23)15-7-10-28(11-8-15)33(30,31)16-1-2-16;22-18-7-8-19-16(10-11-27-19)15(18)6-9-20-23-12-17(14-4-2-1-3-5-14)21-25-24-13-26(20)21;4-7(5,6)3-1-2-3;3-2(4,5)1-6;1-2/h4-5,7,13-14,16H,1-3,6,8-12H2;4,7-8,12-13H,1-3,5-6,9-11H2;3H,1-2H2;1H;1-2H3/i;;;;1D. The fraction of sp³-hybridized carbons (Fsp3) is 0.471. The number of fused-ring (bicyclic) bond motifs is 4. The highest BCUT2D eigenvalue weighted by Gasteiger charge is 2.40. The summed E-state index contributed by atoms with van der Waals surface area (Å²) in [5, 5.41) is 16.4. The minimum absolute atomic E-state index is 0.164. The molecule has 2 fully saturated rings. The lowest BCUT2D eigenvalue weighted by atomic mass is 9.95. The monoisotopic (exact) mass is 1100 g/mol. The Hall–Kier alpha value is -5.91. The summed E-state index contributed by atoms with van der Waals surface area (Å²) in [5.74, 6) is 2.81. The number of ether oxygens (including phenoxy) is 2. The molecule has 3 aliphatic carbocycles. The van der Waals surface area contributed by atoms with E-state index >= 15 is 0 Å². The Morgan fingerprint density at radius 1 is 0.733 bits per heavy atom. The number of aldehydes is 1. The zero-order valence-electron chi connectivity index (χ0n) is 42.1. The van der Waals surface area contributed by atoms with Crippen LogP contribution in [-0.4, -0.2) is 110 Å². The predicted octanol–water partition coefficient (Wildman–Crippen LogP) is 9.00. The van der Waals surface area contributed by atoms with Gasteiger partial charge in [0.25, 0.3) is 0 Å². The summed E-state index contributed by atoms with van der Waals surface area (Å²) < 4.78 is 128. The van der Waals surface area contributed by atoms with Crippen molar-refractivity contribution in [1.82, 2.24) is 43.5 Å². The number of aromatic nitrogens is 8. The van der Waals surface area contributed by atoms with Crippen LogP contribution in [0.15, 0.2) is 61.5 Å². The molecule has 2 aromatic carbocycles. The summed E-state index contributed by atoms with van der Waals surface area (Å²) in [6, 6.07) is 6.39. The number of sulfonamides is 1. The first-order valence-electron chi connectivity index (χ1n) is 25.5. The number of hydrogen-bond donors (Lipinski definition) is 0. The van der Waals surface area contributed by atoms with E-state index in [-0.39, 0.29) is 22.1 Å². The summed E-state index contributed by atoms with van der Waals surface area (Å²) in [6.07, 6.45) is 17.6. The molecule has 0 atom stereocenters. The highest BCUT2D eigenvalue weighted by molar-refractivity contribution is 8.14. The number of hydrogen-bond acceptors (Lipinski definition) is 13. The van der Waals surface area contributed by atoms with E-state index in [1.54, 1.807) is 42.2 Å². The fourth-order valence-electron chi connectivity index (χ4n) is 9.34. The van der Waals surface area contributed by atoms with Crippen molar-refractivity contribution in [3.63, 3.8) is 0 Å². The van der Waals surface area contributed by atoms with Crippen LogP contribution in [0.4, 0.5) is 22.0 Å². The van der Waals surface area contributed by atoms with E-state index in [0.29, 0.717) is 76.5 Å². The number of aryl methyl sites for hydroxylation is 2. The third-order valence-corrected chi connectivity index (χ3v) is 17.8. The van der Waals surface area contributed by atoms with Gasteiger partial charge in [0, 0.05) is 85.5 Å². The van der Waals surface area contributed by atoms with Crippen LogP contribution in [0.2, 0.25) is 0 Å². The summed E-state index contributed by atoms with van der Waals surface area (Å²) in [6.45, 7) is 4.34. The second kappa shape index (κ2) is 24.0. The Bertz CT molecular complexity index is 3350. The van der Waals surface area contributed by atoms with E-state index in [1.165, 1.54) is 30.5 Å². The molecule has 0 amide bonds. The Kier molecular flexibility index (Phi) is 17.2. The predicted molar refractivity (Wildman–Crippen MR) is 271 cm³/mol. The quantitative estimate of drug-likeness (QED) is 0.0679. The van der Waals surface area contributed by atoms with Crippen LogP contribution in [0.1, 0.15) is 118 Å². The van der Waals surface area contributed by atoms with Crippen LogP contribution >= 0.6 is 10.7 Å². The zero-order valence-corrected chi connectivity index (χ0v) is 43.5. The second-order valence-electron chi connectivity index (χ2n) is 18.3. The van der Waals surface area contributed by atoms with Crippen LogP contribution in [0.5, 0.6) is 11.5 Å². The summed E-state index contributed by atoms with van der Waals surface area (Å²) in [7, 11) is -1.43. The molecular weight excluding hydrogens is 1050 g/mol. The molecule has 12 rings (SSSR count). The lowest BCUT2D eigenvalue weighted by Gasteiger charge is -2.26. The van der Waals surface area contributed by atoms with Crippen molar-refractivity contribution in [3.05, 3.63) is 118 Å². The number of carbonyl (C=O) groups is 1. The molecule has 0 N–H and O–H groups in total. The van der Waals surface area contributed by atoms with Gasteiger partial charge in [-0.1, -0.05) is 26.0 Å². The Balaban J connectivity index is 0.000000158. The third-order valence-electron chi connectivity index (χ3n) is 13.4. The molecule has 0 saturated heterocycles. The molecular formula is C51H57ClF5N9O7S2. The topological polar surface area (TPSA) is 193 Å². The van der Waals surface area contributed by atoms with Crippen molar-refractivity contribution in [2.45, 2.75) is 127 Å². The summed E-state index contributed by atoms with van der Waals surface area (Å²) in [5.41, 5.74) is 9.17. The molecule has 16 nitrogen and oxygen atoms in total. The van der Waals surface area contributed by atoms with Gasteiger partial charge in [0.15, 0.2) is 11.3 Å². The van der Waals surface area contributed by atoms with E-state index in [0.717, 1.165) is 114 Å². The molecule has 0 bridgehead atoms. The Labute approximate surface area is 437 Å². The van der Waals surface area contributed by atoms with Gasteiger partial charge >= 0.3 is 6.18 Å². The molecule has 75 heavy (non-hydrogen) atoms. The van der Waals surface area contributed by atoms with Crippen molar-refractivity contribution < 1.29 is 54.4 Å². The van der Waals surface area contributed by atoms with Crippen molar-refractivity contribution in [1.29, 1.82) is 0 Å². The highest BCUT2D eigenvalue weighted by Crippen LogP contribution is 2.36. The molecule has 2 saturated carbocycles. The van der Waals surface area contributed by atoms with Crippen LogP contribution in [0.25, 0.3) is 22.4 Å². The van der Waals surface area contributed by atoms with Gasteiger partial charge in [-0.05, 0) is 117 Å². The number of nitrogens with zero attached hydrogens (tertiary/aromatic N) is 9. The van der Waals surface area contributed by atoms with E-state index in [1.807, 2.05) is 21.1 Å². The second-order valence-corrected chi connectivity index (χ2v) is 23.4. The maximum Gasteiger partial charge on any atom is 0.446 e. The number of alkyl halides is 3. The molecule has 0 unspecified atom stereocenters. The minimum Gasteiger partial charge on any atom is -0.493 e. The Morgan fingerprint density at radius 3 is 1.63 bits per heavy atom. The van der Waals surface area contributed by atoms with Gasteiger partial charge < -0.3 is 9.47 Å². The molecule has 24 heteroatoms. The first-order chi connectivity index (χ1) is 36.4. The van der Waals surface area contributed by atoms with Crippen molar-refractivity contribution in [2.75, 3.05) is 26.3 Å². The van der Waals surface area contributed by atoms with Gasteiger partial charge in [-0.3, -0.25) is 13.6 Å². The van der Waals surface area contributed by atoms with Crippen LogP contribution < -0.4 is 9.47 Å². The molecule has 402 valence electrons. The van der Waals surface area contributed by atoms with Gasteiger partial charge in [-0.15, -0.1) is 20.4 Å². The highest BCUT2D eigenvalue weighted by atomic mass is 35.7. The maximum atomic E-state index is 14.5. The number of benzene rings is 2. The first-order valence-corrected chi connectivity index (χ1v) is 28.6. The van der Waals surface area contributed by atoms with Crippen LogP contribution in [0.3, 0.4) is 0 Å². The minimum atomic E-state index is -4.64. The van der Waals surface area contributed by atoms with E-state index < -0.39 is 31.5 Å². The molecule has 4 aromatic heterocycles. The van der Waals surface area contributed by atoms with Crippen molar-refractivity contribution in [2.24, 2.45) is 0 Å². The van der Waals surface area contributed by atoms with Gasteiger partial charge in [0.1, 0.15) is 47.4 Å². The molecule has 0 spiro atoms. The largest absolute Gasteiger partial charge is 0.493 e. The number of halogens is 6. The molecule has 7 heterocycles. The average molecular weight is 1100 g/mol. The first kappa shape index (κ1) is 53.9. The Morgan fingerprint density at radius 2 is 1.23 bits per heavy atom. The normalized spacial score (nSPS) is 17.4. The third kappa shape index (κ3) is 13.4. The van der Waals surface area contributed by atoms with Gasteiger partial charge in [0.05, 0.1) is 23.7 Å². The van der Waals surface area contributed by atoms with Crippen molar-refractivity contribution >= 4 is 58.5 Å². The van der Waals surface area contributed by atoms with Gasteiger partial charge in [0.2, 0.25) is 25.4 Å². The fourth-order valence-corrected chi connectivity index (χ4v) is 12.4. The number of carbonyl (C=O) groups excluding carboxylic acids is 1. The maximum absolute atomic E-state index is 14.5. The van der Waals surface area contributed by atoms with Crippen LogP contribution in [-0.2, 0) is 62.4 Å². The van der Waals surface area contributed by atoms with Crippen molar-refractivity contribution in [3.8, 4) is 11.5 Å². The van der Waals surface area contributed by atoms with E-state index in [4.69, 9.17) is 26.3 Å². The molecule has 6 aliphatic rings. The average Bonchev–Trinajstić information content (AvgIpc) is 4.20. The van der Waals surface area contributed by atoms with Gasteiger partial charge in [-0.25, -0.2) is 35.6 Å². The van der Waals surface area contributed by atoms with Crippen LogP contribution in [0, 0.1) is 11.6 Å².